The number of carbonyl (C=O) groups is 2. The van der Waals surface area contributed by atoms with Gasteiger partial charge >= 0.3 is 5.97 Å². The third-order valence-electron chi connectivity index (χ3n) is 3.72. The molecule has 0 aliphatic carbocycles. The van der Waals surface area contributed by atoms with E-state index in [1.165, 1.54) is 12.0 Å². The number of amides is 1. The normalized spacial score (nSPS) is 23.6. The average Bonchev–Trinajstić information content (AvgIpc) is 2.82. The maximum absolute atomic E-state index is 12.2. The minimum Gasteiger partial charge on any atom is -0.480 e. The average molecular weight is 301 g/mol. The molecule has 0 aromatic rings. The summed E-state index contributed by atoms with van der Waals surface area (Å²) >= 11 is 0. The van der Waals surface area contributed by atoms with Gasteiger partial charge in [0.05, 0.1) is 25.2 Å². The van der Waals surface area contributed by atoms with Gasteiger partial charge in [-0.25, -0.2) is 4.79 Å². The smallest absolute Gasteiger partial charge is 0.326 e. The first-order valence-corrected chi connectivity index (χ1v) is 7.51. The second-order valence-electron chi connectivity index (χ2n) is 6.05. The zero-order chi connectivity index (χ0) is 16.0. The first-order chi connectivity index (χ1) is 9.85. The van der Waals surface area contributed by atoms with Crippen molar-refractivity contribution in [2.24, 2.45) is 5.92 Å². The predicted octanol–water partition coefficient (Wildman–Crippen LogP) is 1.53. The van der Waals surface area contributed by atoms with Gasteiger partial charge in [0.15, 0.2) is 0 Å². The molecule has 3 unspecified atom stereocenters. The van der Waals surface area contributed by atoms with Gasteiger partial charge in [0.25, 0.3) is 0 Å². The number of methoxy groups -OCH3 is 1. The van der Waals surface area contributed by atoms with Crippen molar-refractivity contribution < 1.29 is 24.2 Å². The number of ether oxygens (including phenoxy) is 2. The Balaban J connectivity index is 2.41. The lowest BCUT2D eigenvalue weighted by Gasteiger charge is -2.22. The second-order valence-corrected chi connectivity index (χ2v) is 6.05. The Hall–Kier alpha value is -1.14. The van der Waals surface area contributed by atoms with Gasteiger partial charge in [0.1, 0.15) is 6.04 Å². The molecule has 1 saturated heterocycles. The molecule has 1 amide bonds. The van der Waals surface area contributed by atoms with Crippen LogP contribution in [0.2, 0.25) is 0 Å². The standard InChI is InChI=1S/C15H27NO5/c1-10(2)7-11(3)21-6-5-14(17)16-9-12(20-4)8-13(16)15(18)19/h10-13H,5-9H2,1-4H3,(H,18,19). The highest BCUT2D eigenvalue weighted by Crippen LogP contribution is 2.21. The summed E-state index contributed by atoms with van der Waals surface area (Å²) in [5, 5.41) is 9.18. The summed E-state index contributed by atoms with van der Waals surface area (Å²) in [7, 11) is 1.54. The zero-order valence-electron chi connectivity index (χ0n) is 13.4. The Kier molecular flexibility index (Phi) is 7.11. The van der Waals surface area contributed by atoms with Crippen molar-refractivity contribution in [3.05, 3.63) is 0 Å². The van der Waals surface area contributed by atoms with E-state index in [-0.39, 0.29) is 24.5 Å². The second kappa shape index (κ2) is 8.34. The molecule has 1 N–H and O–H groups in total. The van der Waals surface area contributed by atoms with E-state index in [0.29, 0.717) is 25.5 Å². The number of carboxylic acid groups (broad SMARTS) is 1. The van der Waals surface area contributed by atoms with Crippen LogP contribution in [0.25, 0.3) is 0 Å². The lowest BCUT2D eigenvalue weighted by molar-refractivity contribution is -0.148. The molecule has 21 heavy (non-hydrogen) atoms. The molecule has 0 radical (unpaired) electrons. The summed E-state index contributed by atoms with van der Waals surface area (Å²) in [6.07, 6.45) is 1.42. The molecule has 1 aliphatic heterocycles. The van der Waals surface area contributed by atoms with Gasteiger partial charge < -0.3 is 19.5 Å². The fourth-order valence-corrected chi connectivity index (χ4v) is 2.70. The topological polar surface area (TPSA) is 76.1 Å². The van der Waals surface area contributed by atoms with E-state index in [1.54, 1.807) is 0 Å². The molecular weight excluding hydrogens is 274 g/mol. The van der Waals surface area contributed by atoms with E-state index in [9.17, 15) is 14.7 Å². The van der Waals surface area contributed by atoms with E-state index in [0.717, 1.165) is 6.42 Å². The molecule has 1 heterocycles. The minimum atomic E-state index is -0.975. The van der Waals surface area contributed by atoms with Crippen molar-refractivity contribution in [3.8, 4) is 0 Å². The van der Waals surface area contributed by atoms with Gasteiger partial charge in [-0.05, 0) is 19.3 Å². The molecule has 1 aliphatic rings. The van der Waals surface area contributed by atoms with Crippen LogP contribution in [0.15, 0.2) is 0 Å². The number of hydrogen-bond donors (Lipinski definition) is 1. The van der Waals surface area contributed by atoms with Gasteiger partial charge in [0.2, 0.25) is 5.91 Å². The van der Waals surface area contributed by atoms with Crippen LogP contribution < -0.4 is 0 Å². The highest BCUT2D eigenvalue weighted by atomic mass is 16.5. The molecule has 0 bridgehead atoms. The Bertz CT molecular complexity index is 358. The van der Waals surface area contributed by atoms with Crippen LogP contribution in [0.3, 0.4) is 0 Å². The molecule has 1 fully saturated rings. The number of aliphatic carboxylic acids is 1. The highest BCUT2D eigenvalue weighted by Gasteiger charge is 2.39. The van der Waals surface area contributed by atoms with Gasteiger partial charge in [-0.3, -0.25) is 4.79 Å². The molecule has 1 rings (SSSR count). The van der Waals surface area contributed by atoms with Crippen molar-refractivity contribution >= 4 is 11.9 Å². The summed E-state index contributed by atoms with van der Waals surface area (Å²) < 4.78 is 10.8. The lowest BCUT2D eigenvalue weighted by Crippen LogP contribution is -2.41. The number of hydrogen-bond acceptors (Lipinski definition) is 4. The van der Waals surface area contributed by atoms with E-state index in [1.807, 2.05) is 6.92 Å². The maximum Gasteiger partial charge on any atom is 0.326 e. The molecule has 3 atom stereocenters. The monoisotopic (exact) mass is 301 g/mol. The number of rotatable bonds is 8. The van der Waals surface area contributed by atoms with Gasteiger partial charge in [-0.15, -0.1) is 0 Å². The van der Waals surface area contributed by atoms with Crippen LogP contribution in [0, 0.1) is 5.92 Å². The highest BCUT2D eigenvalue weighted by molar-refractivity contribution is 5.84. The molecule has 6 nitrogen and oxygen atoms in total. The predicted molar refractivity (Wildman–Crippen MR) is 78.0 cm³/mol. The molecule has 6 heteroatoms. The van der Waals surface area contributed by atoms with Crippen LogP contribution >= 0.6 is 0 Å². The zero-order valence-corrected chi connectivity index (χ0v) is 13.4. The number of likely N-dealkylation sites (tertiary alicyclic amines) is 1. The fraction of sp³-hybridized carbons (Fsp3) is 0.867. The molecule has 0 saturated carbocycles. The first kappa shape index (κ1) is 17.9. The summed E-state index contributed by atoms with van der Waals surface area (Å²) in [4.78, 5) is 24.7. The Morgan fingerprint density at radius 2 is 2.00 bits per heavy atom. The number of nitrogens with zero attached hydrogens (tertiary/aromatic N) is 1. The van der Waals surface area contributed by atoms with Crippen LogP contribution in [0.1, 0.15) is 40.0 Å². The van der Waals surface area contributed by atoms with Crippen LogP contribution in [0.4, 0.5) is 0 Å². The van der Waals surface area contributed by atoms with E-state index >= 15 is 0 Å². The first-order valence-electron chi connectivity index (χ1n) is 7.51. The van der Waals surface area contributed by atoms with Crippen LogP contribution in [-0.2, 0) is 19.1 Å². The number of carboxylic acids is 1. The Labute approximate surface area is 126 Å². The summed E-state index contributed by atoms with van der Waals surface area (Å²) in [6.45, 7) is 6.90. The van der Waals surface area contributed by atoms with Crippen LogP contribution in [-0.4, -0.2) is 60.4 Å². The minimum absolute atomic E-state index is 0.110. The van der Waals surface area contributed by atoms with Crippen molar-refractivity contribution in [2.75, 3.05) is 20.3 Å². The largest absolute Gasteiger partial charge is 0.480 e. The summed E-state index contributed by atoms with van der Waals surface area (Å²) in [6, 6.07) is -0.782. The molecule has 0 aromatic heterocycles. The SMILES string of the molecule is COC1CC(C(=O)O)N(C(=O)CCOC(C)CC(C)C)C1. The molecule has 0 spiro atoms. The maximum atomic E-state index is 12.2. The van der Waals surface area contributed by atoms with E-state index in [4.69, 9.17) is 9.47 Å². The van der Waals surface area contributed by atoms with Crippen molar-refractivity contribution in [1.29, 1.82) is 0 Å². The van der Waals surface area contributed by atoms with Gasteiger partial charge in [0, 0.05) is 20.1 Å². The third kappa shape index (κ3) is 5.63. The molecule has 0 aromatic carbocycles. The van der Waals surface area contributed by atoms with E-state index in [2.05, 4.69) is 13.8 Å². The quantitative estimate of drug-likeness (QED) is 0.736. The summed E-state index contributed by atoms with van der Waals surface area (Å²) in [5.41, 5.74) is 0. The third-order valence-corrected chi connectivity index (χ3v) is 3.72. The fourth-order valence-electron chi connectivity index (χ4n) is 2.70. The van der Waals surface area contributed by atoms with Crippen LogP contribution in [0.5, 0.6) is 0 Å². The van der Waals surface area contributed by atoms with Crippen molar-refractivity contribution in [2.45, 2.75) is 58.3 Å². The Morgan fingerprint density at radius 1 is 1.33 bits per heavy atom. The van der Waals surface area contributed by atoms with E-state index < -0.39 is 12.0 Å². The Morgan fingerprint density at radius 3 is 2.52 bits per heavy atom. The lowest BCUT2D eigenvalue weighted by atomic mass is 10.1. The number of carbonyl (C=O) groups excluding carboxylic acids is 1. The molecular formula is C15H27NO5. The summed E-state index contributed by atoms with van der Waals surface area (Å²) in [5.74, 6) is -0.608. The van der Waals surface area contributed by atoms with Gasteiger partial charge in [-0.2, -0.15) is 0 Å². The van der Waals surface area contributed by atoms with Gasteiger partial charge in [-0.1, -0.05) is 13.8 Å². The van der Waals surface area contributed by atoms with Crippen molar-refractivity contribution in [3.63, 3.8) is 0 Å². The molecule has 122 valence electrons. The van der Waals surface area contributed by atoms with Crippen molar-refractivity contribution in [1.82, 2.24) is 4.90 Å².